The van der Waals surface area contributed by atoms with Gasteiger partial charge in [-0.3, -0.25) is 0 Å². The van der Waals surface area contributed by atoms with E-state index in [1.807, 2.05) is 0 Å². The molecule has 1 spiro atoms. The van der Waals surface area contributed by atoms with Crippen molar-refractivity contribution in [3.8, 4) is 39.8 Å². The number of hydrogen-bond donors (Lipinski definition) is 1. The molecule has 4 nitrogen and oxygen atoms in total. The molecule has 6 aromatic carbocycles. The lowest BCUT2D eigenvalue weighted by molar-refractivity contribution is 0.399. The molecule has 1 unspecified atom stereocenters. The highest BCUT2D eigenvalue weighted by Crippen LogP contribution is 2.62. The molecule has 248 valence electrons. The van der Waals surface area contributed by atoms with Gasteiger partial charge in [-0.05, 0) is 66.9 Å². The van der Waals surface area contributed by atoms with Crippen LogP contribution in [0.15, 0.2) is 158 Å². The fourth-order valence-electron chi connectivity index (χ4n) is 9.02. The quantitative estimate of drug-likeness (QED) is 0.203. The summed E-state index contributed by atoms with van der Waals surface area (Å²) in [5.41, 5.74) is 13.4. The second-order valence-corrected chi connectivity index (χ2v) is 13.9. The average molecular weight is 671 g/mol. The van der Waals surface area contributed by atoms with Crippen molar-refractivity contribution < 1.29 is 9.47 Å². The van der Waals surface area contributed by atoms with Crippen molar-refractivity contribution in [2.75, 3.05) is 6.54 Å². The fourth-order valence-corrected chi connectivity index (χ4v) is 9.02. The number of para-hydroxylation sites is 4. The van der Waals surface area contributed by atoms with Crippen LogP contribution in [0.4, 0.5) is 0 Å². The summed E-state index contributed by atoms with van der Waals surface area (Å²) in [6, 6.07) is 48.1. The molecular weight excluding hydrogens is 637 g/mol. The molecule has 0 radical (unpaired) electrons. The molecule has 1 atom stereocenters. The smallest absolute Gasteiger partial charge is 0.132 e. The van der Waals surface area contributed by atoms with Crippen molar-refractivity contribution in [1.82, 2.24) is 9.88 Å². The monoisotopic (exact) mass is 670 g/mol. The first kappa shape index (κ1) is 29.2. The number of benzene rings is 6. The van der Waals surface area contributed by atoms with E-state index in [9.17, 15) is 0 Å². The minimum atomic E-state index is -0.686. The molecule has 3 aliphatic heterocycles. The van der Waals surface area contributed by atoms with Crippen molar-refractivity contribution >= 4 is 22.7 Å². The molecule has 1 aromatic heterocycles. The summed E-state index contributed by atoms with van der Waals surface area (Å²) >= 11 is 0. The number of aromatic nitrogens is 1. The van der Waals surface area contributed by atoms with Crippen LogP contribution in [-0.4, -0.2) is 11.1 Å². The van der Waals surface area contributed by atoms with Gasteiger partial charge in [0.1, 0.15) is 23.0 Å². The van der Waals surface area contributed by atoms with Gasteiger partial charge in [0.05, 0.1) is 10.9 Å². The second kappa shape index (κ2) is 11.2. The third-order valence-corrected chi connectivity index (χ3v) is 11.2. The van der Waals surface area contributed by atoms with Crippen molar-refractivity contribution in [3.05, 3.63) is 197 Å². The highest BCUT2D eigenvalue weighted by atomic mass is 16.5. The maximum atomic E-state index is 6.83. The predicted molar refractivity (Wildman–Crippen MR) is 210 cm³/mol. The fraction of sp³-hybridized carbons (Fsp3) is 0.0833. The Kier molecular flexibility index (Phi) is 6.32. The number of nitrogens with one attached hydrogen (secondary N) is 1. The highest BCUT2D eigenvalue weighted by Gasteiger charge is 2.50. The summed E-state index contributed by atoms with van der Waals surface area (Å²) in [6.07, 6.45) is 13.0. The van der Waals surface area contributed by atoms with Crippen LogP contribution in [0, 0.1) is 0 Å². The Hall–Kier alpha value is -6.52. The molecule has 0 amide bonds. The highest BCUT2D eigenvalue weighted by molar-refractivity contribution is 6.02. The Balaban J connectivity index is 1.21. The lowest BCUT2D eigenvalue weighted by Crippen LogP contribution is -2.37. The normalized spacial score (nSPS) is 17.5. The molecule has 1 N–H and O–H groups in total. The molecule has 11 rings (SSSR count). The summed E-state index contributed by atoms with van der Waals surface area (Å²) in [7, 11) is 0. The number of allylic oxidation sites excluding steroid dienone is 3. The summed E-state index contributed by atoms with van der Waals surface area (Å²) < 4.78 is 16.1. The molecule has 4 aliphatic rings. The van der Waals surface area contributed by atoms with Crippen LogP contribution in [0.1, 0.15) is 45.5 Å². The molecule has 7 aromatic rings. The van der Waals surface area contributed by atoms with E-state index in [2.05, 4.69) is 174 Å². The van der Waals surface area contributed by atoms with Crippen molar-refractivity contribution in [1.29, 1.82) is 0 Å². The Morgan fingerprint density at radius 1 is 0.596 bits per heavy atom. The number of hydrogen-bond acceptors (Lipinski definition) is 3. The first-order valence-electron chi connectivity index (χ1n) is 18.1. The van der Waals surface area contributed by atoms with E-state index >= 15 is 0 Å². The van der Waals surface area contributed by atoms with Gasteiger partial charge in [-0.15, -0.1) is 0 Å². The van der Waals surface area contributed by atoms with Crippen molar-refractivity contribution in [3.63, 3.8) is 0 Å². The molecule has 52 heavy (non-hydrogen) atoms. The topological polar surface area (TPSA) is 35.4 Å². The molecule has 0 saturated carbocycles. The number of fused-ring (bicyclic) bond motifs is 11. The molecule has 0 bridgehead atoms. The summed E-state index contributed by atoms with van der Waals surface area (Å²) in [4.78, 5) is 0. The van der Waals surface area contributed by atoms with Gasteiger partial charge in [-0.2, -0.15) is 0 Å². The number of dihydropyridines is 1. The van der Waals surface area contributed by atoms with Crippen LogP contribution in [0.3, 0.4) is 0 Å². The van der Waals surface area contributed by atoms with E-state index in [-0.39, 0.29) is 0 Å². The third-order valence-electron chi connectivity index (χ3n) is 11.2. The van der Waals surface area contributed by atoms with Crippen LogP contribution in [0.5, 0.6) is 23.0 Å². The summed E-state index contributed by atoms with van der Waals surface area (Å²) in [5.74, 6) is 3.41. The third kappa shape index (κ3) is 4.09. The predicted octanol–water partition coefficient (Wildman–Crippen LogP) is 11.4. The SMILES string of the molecule is C1=CCNC(c2ccc3c(c2)Oc2ccccc2C32c3ccccc3Oc3ccc(-c4cccc5c6c(n(-c7ccccc7)c45)CCC=C6)cc32)=C1. The minimum absolute atomic E-state index is 0.686. The second-order valence-electron chi connectivity index (χ2n) is 13.9. The van der Waals surface area contributed by atoms with Gasteiger partial charge in [-0.1, -0.05) is 115 Å². The minimum Gasteiger partial charge on any atom is -0.457 e. The zero-order valence-corrected chi connectivity index (χ0v) is 28.5. The molecule has 4 heterocycles. The van der Waals surface area contributed by atoms with Crippen molar-refractivity contribution in [2.24, 2.45) is 0 Å². The molecule has 4 heteroatoms. The summed E-state index contributed by atoms with van der Waals surface area (Å²) in [5, 5.41) is 4.80. The lowest BCUT2D eigenvalue weighted by atomic mass is 9.62. The van der Waals surface area contributed by atoms with Crippen LogP contribution < -0.4 is 14.8 Å². The molecular formula is C48H34N2O2. The van der Waals surface area contributed by atoms with E-state index in [1.165, 1.54) is 33.4 Å². The standard InChI is InChI=1S/C48H34N2O2/c1-2-13-33(14-3-1)50-42-21-7-4-15-35(42)36-17-12-16-34(47(36)50)31-25-27-45-40(29-31)48(37-18-5-8-22-43(37)51-45)38-19-6-9-23-44(38)52-46-30-32(24-26-39(46)48)41-20-10-11-28-49-41/h1-6,8-20,22-27,29-30,49H,7,21,28H2. The number of rotatable bonds is 3. The number of ether oxygens (including phenoxy) is 2. The van der Waals surface area contributed by atoms with Crippen LogP contribution in [-0.2, 0) is 11.8 Å². The van der Waals surface area contributed by atoms with E-state index < -0.39 is 5.41 Å². The zero-order chi connectivity index (χ0) is 34.2. The van der Waals surface area contributed by atoms with Crippen LogP contribution in [0.2, 0.25) is 0 Å². The Morgan fingerprint density at radius 3 is 2.13 bits per heavy atom. The summed E-state index contributed by atoms with van der Waals surface area (Å²) in [6.45, 7) is 0.803. The Morgan fingerprint density at radius 2 is 1.33 bits per heavy atom. The Bertz CT molecular complexity index is 2680. The van der Waals surface area contributed by atoms with Gasteiger partial charge < -0.3 is 19.4 Å². The van der Waals surface area contributed by atoms with E-state index in [0.29, 0.717) is 0 Å². The average Bonchev–Trinajstić information content (AvgIpc) is 3.56. The van der Waals surface area contributed by atoms with Crippen LogP contribution in [0.25, 0.3) is 39.5 Å². The van der Waals surface area contributed by atoms with Crippen LogP contribution >= 0.6 is 0 Å². The van der Waals surface area contributed by atoms with Crippen molar-refractivity contribution in [2.45, 2.75) is 18.3 Å². The largest absolute Gasteiger partial charge is 0.457 e. The van der Waals surface area contributed by atoms with Gasteiger partial charge >= 0.3 is 0 Å². The van der Waals surface area contributed by atoms with Gasteiger partial charge in [-0.25, -0.2) is 0 Å². The van der Waals surface area contributed by atoms with Gasteiger partial charge in [0, 0.05) is 68.0 Å². The maximum absolute atomic E-state index is 6.83. The van der Waals surface area contributed by atoms with E-state index in [1.54, 1.807) is 0 Å². The van der Waals surface area contributed by atoms with E-state index in [4.69, 9.17) is 9.47 Å². The number of nitrogens with zero attached hydrogens (tertiary/aromatic N) is 1. The van der Waals surface area contributed by atoms with Gasteiger partial charge in [0.25, 0.3) is 0 Å². The first-order chi connectivity index (χ1) is 25.8. The molecule has 1 aliphatic carbocycles. The maximum Gasteiger partial charge on any atom is 0.132 e. The first-order valence-corrected chi connectivity index (χ1v) is 18.1. The van der Waals surface area contributed by atoms with E-state index in [0.717, 1.165) is 81.5 Å². The zero-order valence-electron chi connectivity index (χ0n) is 28.5. The lowest BCUT2D eigenvalue weighted by Gasteiger charge is -2.45. The van der Waals surface area contributed by atoms with Gasteiger partial charge in [0.15, 0.2) is 0 Å². The molecule has 0 fully saturated rings. The molecule has 0 saturated heterocycles. The Labute approximate surface area is 302 Å². The van der Waals surface area contributed by atoms with Gasteiger partial charge in [0.2, 0.25) is 0 Å².